The summed E-state index contributed by atoms with van der Waals surface area (Å²) in [5, 5.41) is 1.23. The molecule has 134 valence electrons. The smallest absolute Gasteiger partial charge is 0.350 e. The molecule has 0 aliphatic rings. The molecule has 0 aliphatic heterocycles. The van der Waals surface area contributed by atoms with E-state index in [4.69, 9.17) is 11.6 Å². The molecule has 5 nitrogen and oxygen atoms in total. The van der Waals surface area contributed by atoms with E-state index in [0.29, 0.717) is 10.5 Å². The molecule has 26 heavy (non-hydrogen) atoms. The number of rotatable bonds is 2. The summed E-state index contributed by atoms with van der Waals surface area (Å²) in [7, 11) is 0. The van der Waals surface area contributed by atoms with Gasteiger partial charge in [0.2, 0.25) is 0 Å². The second kappa shape index (κ2) is 6.72. The summed E-state index contributed by atoms with van der Waals surface area (Å²) < 4.78 is 37.5. The van der Waals surface area contributed by atoms with Crippen LogP contribution in [0.25, 0.3) is 10.9 Å². The third-order valence-electron chi connectivity index (χ3n) is 3.59. The fourth-order valence-corrected chi connectivity index (χ4v) is 2.47. The van der Waals surface area contributed by atoms with Gasteiger partial charge < -0.3 is 4.98 Å². The molecule has 0 atom stereocenters. The predicted molar refractivity (Wildman–Crippen MR) is 89.7 cm³/mol. The lowest BCUT2D eigenvalue weighted by Crippen LogP contribution is -2.41. The lowest BCUT2D eigenvalue weighted by molar-refractivity contribution is -0.137. The molecule has 1 heterocycles. The Morgan fingerprint density at radius 3 is 2.23 bits per heavy atom. The Morgan fingerprint density at radius 1 is 0.923 bits per heavy atom. The molecule has 3 aromatic rings. The Kier molecular flexibility index (Phi) is 4.60. The van der Waals surface area contributed by atoms with Crippen LogP contribution in [0.3, 0.4) is 0 Å². The normalized spacial score (nSPS) is 11.4. The van der Waals surface area contributed by atoms with E-state index in [-0.39, 0.29) is 11.3 Å². The molecule has 1 aromatic heterocycles. The first-order valence-corrected chi connectivity index (χ1v) is 7.68. The molecule has 0 bridgehead atoms. The summed E-state index contributed by atoms with van der Waals surface area (Å²) in [5.74, 6) is -1.36. The SMILES string of the molecule is O=C(NNC(=O)c1cc2cc(Cl)ccc2[nH]1)c1ccc(C(F)(F)F)cc1. The molecule has 2 amide bonds. The molecule has 0 aliphatic carbocycles. The second-order valence-corrected chi connectivity index (χ2v) is 5.83. The first kappa shape index (κ1) is 17.8. The van der Waals surface area contributed by atoms with Crippen molar-refractivity contribution in [1.29, 1.82) is 0 Å². The van der Waals surface area contributed by atoms with Crippen molar-refractivity contribution < 1.29 is 22.8 Å². The zero-order valence-corrected chi connectivity index (χ0v) is 13.7. The number of aromatic amines is 1. The Labute approximate surface area is 150 Å². The summed E-state index contributed by atoms with van der Waals surface area (Å²) in [6, 6.07) is 10.2. The maximum absolute atomic E-state index is 12.5. The fraction of sp³-hybridized carbons (Fsp3) is 0.0588. The molecular formula is C17H11ClF3N3O2. The minimum atomic E-state index is -4.48. The number of halogens is 4. The summed E-state index contributed by atoms with van der Waals surface area (Å²) >= 11 is 5.88. The Balaban J connectivity index is 1.65. The summed E-state index contributed by atoms with van der Waals surface area (Å²) in [4.78, 5) is 26.9. The monoisotopic (exact) mass is 381 g/mol. The standard InChI is InChI=1S/C17H11ClF3N3O2/c18-12-5-6-13-10(7-12)8-14(22-13)16(26)24-23-15(25)9-1-3-11(4-2-9)17(19,20)21/h1-8,22H,(H,23,25)(H,24,26). The Morgan fingerprint density at radius 2 is 1.58 bits per heavy atom. The van der Waals surface area contributed by atoms with Crippen molar-refractivity contribution in [3.8, 4) is 0 Å². The highest BCUT2D eigenvalue weighted by Gasteiger charge is 2.30. The average molecular weight is 382 g/mol. The summed E-state index contributed by atoms with van der Waals surface area (Å²) in [5.41, 5.74) is 4.32. The molecule has 0 fully saturated rings. The van der Waals surface area contributed by atoms with Gasteiger partial charge in [-0.05, 0) is 48.5 Å². The predicted octanol–water partition coefficient (Wildman–Crippen LogP) is 3.91. The number of hydrazine groups is 1. The van der Waals surface area contributed by atoms with Crippen molar-refractivity contribution in [2.75, 3.05) is 0 Å². The van der Waals surface area contributed by atoms with Gasteiger partial charge in [-0.25, -0.2) is 0 Å². The number of hydrogen-bond acceptors (Lipinski definition) is 2. The highest BCUT2D eigenvalue weighted by Crippen LogP contribution is 2.29. The number of nitrogens with one attached hydrogen (secondary N) is 3. The zero-order chi connectivity index (χ0) is 18.9. The van der Waals surface area contributed by atoms with Crippen LogP contribution in [0.15, 0.2) is 48.5 Å². The molecule has 3 rings (SSSR count). The van der Waals surface area contributed by atoms with Gasteiger partial charge in [0, 0.05) is 21.5 Å². The van der Waals surface area contributed by atoms with E-state index in [9.17, 15) is 22.8 Å². The van der Waals surface area contributed by atoms with Gasteiger partial charge in [0.05, 0.1) is 5.56 Å². The van der Waals surface area contributed by atoms with Crippen molar-refractivity contribution in [3.05, 3.63) is 70.4 Å². The van der Waals surface area contributed by atoms with Crippen LogP contribution in [-0.2, 0) is 6.18 Å². The first-order valence-electron chi connectivity index (χ1n) is 7.30. The molecule has 0 saturated heterocycles. The number of alkyl halides is 3. The highest BCUT2D eigenvalue weighted by molar-refractivity contribution is 6.31. The topological polar surface area (TPSA) is 74.0 Å². The lowest BCUT2D eigenvalue weighted by Gasteiger charge is -2.09. The van der Waals surface area contributed by atoms with Gasteiger partial charge in [-0.15, -0.1) is 0 Å². The van der Waals surface area contributed by atoms with Crippen LogP contribution in [0.2, 0.25) is 5.02 Å². The highest BCUT2D eigenvalue weighted by atomic mass is 35.5. The third-order valence-corrected chi connectivity index (χ3v) is 3.83. The number of hydrogen-bond donors (Lipinski definition) is 3. The number of aromatic nitrogens is 1. The largest absolute Gasteiger partial charge is 0.416 e. The van der Waals surface area contributed by atoms with E-state index in [2.05, 4.69) is 15.8 Å². The zero-order valence-electron chi connectivity index (χ0n) is 12.9. The Bertz CT molecular complexity index is 981. The fourth-order valence-electron chi connectivity index (χ4n) is 2.29. The minimum absolute atomic E-state index is 0.0262. The number of fused-ring (bicyclic) bond motifs is 1. The van der Waals surface area contributed by atoms with Crippen molar-refractivity contribution in [2.45, 2.75) is 6.18 Å². The molecule has 0 unspecified atom stereocenters. The van der Waals surface area contributed by atoms with Gasteiger partial charge in [-0.3, -0.25) is 20.4 Å². The van der Waals surface area contributed by atoms with E-state index in [1.165, 1.54) is 0 Å². The summed E-state index contributed by atoms with van der Waals surface area (Å²) in [6.45, 7) is 0. The maximum atomic E-state index is 12.5. The molecule has 9 heteroatoms. The molecule has 0 saturated carbocycles. The molecule has 2 aromatic carbocycles. The van der Waals surface area contributed by atoms with Crippen LogP contribution in [-0.4, -0.2) is 16.8 Å². The van der Waals surface area contributed by atoms with Crippen LogP contribution in [0, 0.1) is 0 Å². The van der Waals surface area contributed by atoms with Crippen molar-refractivity contribution in [3.63, 3.8) is 0 Å². The van der Waals surface area contributed by atoms with Gasteiger partial charge in [0.1, 0.15) is 5.69 Å². The maximum Gasteiger partial charge on any atom is 0.416 e. The number of carbonyl (C=O) groups excluding carboxylic acids is 2. The number of H-pyrrole nitrogens is 1. The number of amides is 2. The van der Waals surface area contributed by atoms with Crippen LogP contribution < -0.4 is 10.9 Å². The Hall–Kier alpha value is -3.00. The quantitative estimate of drug-likeness (QED) is 0.589. The van der Waals surface area contributed by atoms with Crippen LogP contribution >= 0.6 is 11.6 Å². The lowest BCUT2D eigenvalue weighted by atomic mass is 10.1. The van der Waals surface area contributed by atoms with Crippen molar-refractivity contribution >= 4 is 34.3 Å². The van der Waals surface area contributed by atoms with Gasteiger partial charge in [-0.2, -0.15) is 13.2 Å². The van der Waals surface area contributed by atoms with E-state index in [0.717, 1.165) is 29.7 Å². The summed E-state index contributed by atoms with van der Waals surface area (Å²) in [6.07, 6.45) is -4.48. The number of benzene rings is 2. The van der Waals surface area contributed by atoms with Gasteiger partial charge in [0.25, 0.3) is 11.8 Å². The van der Waals surface area contributed by atoms with Crippen LogP contribution in [0.5, 0.6) is 0 Å². The van der Waals surface area contributed by atoms with Crippen molar-refractivity contribution in [2.24, 2.45) is 0 Å². The average Bonchev–Trinajstić information content (AvgIpc) is 3.02. The molecular weight excluding hydrogens is 371 g/mol. The van der Waals surface area contributed by atoms with E-state index in [1.807, 2.05) is 0 Å². The minimum Gasteiger partial charge on any atom is -0.350 e. The van der Waals surface area contributed by atoms with Crippen LogP contribution in [0.1, 0.15) is 26.4 Å². The number of carbonyl (C=O) groups is 2. The molecule has 0 spiro atoms. The van der Waals surface area contributed by atoms with Gasteiger partial charge in [-0.1, -0.05) is 11.6 Å². The molecule has 0 radical (unpaired) electrons. The van der Waals surface area contributed by atoms with Gasteiger partial charge >= 0.3 is 6.18 Å². The first-order chi connectivity index (χ1) is 12.2. The second-order valence-electron chi connectivity index (χ2n) is 5.40. The van der Waals surface area contributed by atoms with E-state index < -0.39 is 23.6 Å². The third kappa shape index (κ3) is 3.80. The van der Waals surface area contributed by atoms with E-state index >= 15 is 0 Å². The van der Waals surface area contributed by atoms with Crippen LogP contribution in [0.4, 0.5) is 13.2 Å². The molecule has 3 N–H and O–H groups in total. The van der Waals surface area contributed by atoms with Crippen molar-refractivity contribution in [1.82, 2.24) is 15.8 Å². The van der Waals surface area contributed by atoms with Gasteiger partial charge in [0.15, 0.2) is 0 Å². The van der Waals surface area contributed by atoms with E-state index in [1.54, 1.807) is 24.3 Å².